The summed E-state index contributed by atoms with van der Waals surface area (Å²) in [6.45, 7) is 13.2. The molecule has 222 valence electrons. The van der Waals surface area contributed by atoms with Gasteiger partial charge in [-0.3, -0.25) is 14.4 Å². The highest BCUT2D eigenvalue weighted by molar-refractivity contribution is 5.91. The van der Waals surface area contributed by atoms with Crippen molar-refractivity contribution in [2.75, 3.05) is 13.7 Å². The summed E-state index contributed by atoms with van der Waals surface area (Å²) in [5, 5.41) is 8.35. The quantitative estimate of drug-likeness (QED) is 0.125. The highest BCUT2D eigenvalue weighted by Crippen LogP contribution is 2.19. The number of carbonyl (C=O) groups is 4. The summed E-state index contributed by atoms with van der Waals surface area (Å²) in [4.78, 5) is 52.3. The second-order valence-corrected chi connectivity index (χ2v) is 10.5. The van der Waals surface area contributed by atoms with Crippen LogP contribution in [0.2, 0.25) is 0 Å². The summed E-state index contributed by atoms with van der Waals surface area (Å²) >= 11 is 0. The molecule has 8 nitrogen and oxygen atoms in total. The first-order chi connectivity index (χ1) is 19.2. The second kappa shape index (κ2) is 19.6. The second-order valence-electron chi connectivity index (χ2n) is 10.5. The number of hydrogen-bond acceptors (Lipinski definition) is 5. The molecule has 8 heteroatoms. The molecule has 4 unspecified atom stereocenters. The Morgan fingerprint density at radius 1 is 0.875 bits per heavy atom. The third kappa shape index (κ3) is 13.1. The lowest BCUT2D eigenvalue weighted by atomic mass is 9.92. The topological polar surface area (TPSA) is 114 Å². The molecule has 0 radical (unpaired) electrons. The van der Waals surface area contributed by atoms with Gasteiger partial charge in [0.05, 0.1) is 6.61 Å². The maximum absolute atomic E-state index is 13.6. The van der Waals surface area contributed by atoms with Gasteiger partial charge in [0.1, 0.15) is 12.1 Å². The van der Waals surface area contributed by atoms with E-state index in [1.165, 1.54) is 7.05 Å². The van der Waals surface area contributed by atoms with E-state index in [-0.39, 0.29) is 36.7 Å². The van der Waals surface area contributed by atoms with Crippen LogP contribution in [0.5, 0.6) is 0 Å². The van der Waals surface area contributed by atoms with Gasteiger partial charge in [-0.2, -0.15) is 0 Å². The van der Waals surface area contributed by atoms with E-state index in [0.717, 1.165) is 24.8 Å². The first-order valence-electron chi connectivity index (χ1n) is 14.4. The van der Waals surface area contributed by atoms with Crippen LogP contribution >= 0.6 is 0 Å². The molecule has 3 N–H and O–H groups in total. The van der Waals surface area contributed by atoms with Crippen LogP contribution in [0.1, 0.15) is 71.3 Å². The molecule has 0 aliphatic heterocycles. The summed E-state index contributed by atoms with van der Waals surface area (Å²) in [7, 11) is 1.52. The number of unbranched alkanes of at least 4 members (excludes halogenated alkanes) is 2. The van der Waals surface area contributed by atoms with E-state index in [0.29, 0.717) is 25.7 Å². The number of amides is 3. The van der Waals surface area contributed by atoms with Crippen LogP contribution in [-0.2, 0) is 30.3 Å². The fourth-order valence-corrected chi connectivity index (χ4v) is 4.63. The first-order valence-corrected chi connectivity index (χ1v) is 14.4. The maximum Gasteiger partial charge on any atom is 0.328 e. The van der Waals surface area contributed by atoms with Crippen LogP contribution in [0.25, 0.3) is 0 Å². The van der Waals surface area contributed by atoms with Gasteiger partial charge >= 0.3 is 5.97 Å². The molecule has 0 saturated heterocycles. The third-order valence-electron chi connectivity index (χ3n) is 6.72. The highest BCUT2D eigenvalue weighted by atomic mass is 16.5. The Morgan fingerprint density at radius 2 is 1.55 bits per heavy atom. The van der Waals surface area contributed by atoms with Gasteiger partial charge in [-0.1, -0.05) is 62.8 Å². The zero-order valence-electron chi connectivity index (χ0n) is 24.7. The normalized spacial score (nSPS) is 13.8. The Morgan fingerprint density at radius 3 is 2.12 bits per heavy atom. The molecule has 1 aromatic rings. The fourth-order valence-electron chi connectivity index (χ4n) is 4.63. The molecule has 0 fully saturated rings. The van der Waals surface area contributed by atoms with Crippen LogP contribution in [-0.4, -0.2) is 49.4 Å². The third-order valence-corrected chi connectivity index (χ3v) is 6.72. The Labute approximate surface area is 240 Å². The van der Waals surface area contributed by atoms with E-state index in [1.807, 2.05) is 50.3 Å². The first kappa shape index (κ1) is 34.6. The van der Waals surface area contributed by atoms with Gasteiger partial charge in [-0.05, 0) is 63.4 Å². The van der Waals surface area contributed by atoms with Crippen molar-refractivity contribution in [2.24, 2.45) is 17.8 Å². The number of benzene rings is 1. The van der Waals surface area contributed by atoms with Crippen molar-refractivity contribution in [1.29, 1.82) is 0 Å². The van der Waals surface area contributed by atoms with Crippen molar-refractivity contribution in [3.8, 4) is 0 Å². The van der Waals surface area contributed by atoms with Crippen LogP contribution in [0.4, 0.5) is 0 Å². The van der Waals surface area contributed by atoms with Crippen LogP contribution < -0.4 is 16.0 Å². The van der Waals surface area contributed by atoms with E-state index >= 15 is 0 Å². The predicted molar refractivity (Wildman–Crippen MR) is 159 cm³/mol. The van der Waals surface area contributed by atoms with E-state index in [2.05, 4.69) is 29.1 Å². The average Bonchev–Trinajstić information content (AvgIpc) is 2.93. The van der Waals surface area contributed by atoms with Gasteiger partial charge in [-0.15, -0.1) is 13.2 Å². The molecule has 40 heavy (non-hydrogen) atoms. The number of allylic oxidation sites excluding steroid dienone is 2. The monoisotopic (exact) mass is 555 g/mol. The zero-order valence-corrected chi connectivity index (χ0v) is 24.7. The summed E-state index contributed by atoms with van der Waals surface area (Å²) in [6, 6.07) is 7.95. The largest absolute Gasteiger partial charge is 0.464 e. The molecule has 1 aromatic carbocycles. The Kier molecular flexibility index (Phi) is 17.0. The highest BCUT2D eigenvalue weighted by Gasteiger charge is 2.32. The van der Waals surface area contributed by atoms with Gasteiger partial charge < -0.3 is 20.7 Å². The van der Waals surface area contributed by atoms with Crippen molar-refractivity contribution >= 4 is 23.7 Å². The lowest BCUT2D eigenvalue weighted by Crippen LogP contribution is -2.54. The summed E-state index contributed by atoms with van der Waals surface area (Å²) in [5.41, 5.74) is 1.06. The Bertz CT molecular complexity index is 947. The average molecular weight is 556 g/mol. The minimum absolute atomic E-state index is 0.0541. The fraction of sp³-hybridized carbons (Fsp3) is 0.562. The smallest absolute Gasteiger partial charge is 0.328 e. The standard InChI is InChI=1S/C32H49N3O5/c1-7-10-11-15-19-26(21-24-17-13-12-14-18-24)30(37)34-27(20-23(4)5)31(38)35-28(32(39)40-9-3)22-25(16-8-2)29(36)33-6/h7-8,12-14,17-18,23,25-28H,1-2,9-11,15-16,19-22H2,3-6H3,(H,33,36)(H,34,37)(H,35,38). The van der Waals surface area contributed by atoms with Crippen LogP contribution in [0, 0.1) is 17.8 Å². The van der Waals surface area contributed by atoms with E-state index in [9.17, 15) is 19.2 Å². The summed E-state index contributed by atoms with van der Waals surface area (Å²) in [6.07, 6.45) is 8.21. The number of hydrogen-bond donors (Lipinski definition) is 3. The van der Waals surface area contributed by atoms with Crippen molar-refractivity contribution in [2.45, 2.75) is 84.2 Å². The van der Waals surface area contributed by atoms with E-state index in [1.54, 1.807) is 13.0 Å². The number of nitrogens with one attached hydrogen (secondary N) is 3. The van der Waals surface area contributed by atoms with Crippen molar-refractivity contribution in [3.05, 3.63) is 61.2 Å². The Hall–Kier alpha value is -3.42. The molecule has 4 atom stereocenters. The van der Waals surface area contributed by atoms with Gasteiger partial charge in [0, 0.05) is 18.9 Å². The predicted octanol–water partition coefficient (Wildman–Crippen LogP) is 4.50. The molecule has 0 bridgehead atoms. The number of rotatable bonds is 20. The SMILES string of the molecule is C=CCCCCC(Cc1ccccc1)C(=O)NC(CC(C)C)C(=O)NC(CC(CC=C)C(=O)NC)C(=O)OCC. The summed E-state index contributed by atoms with van der Waals surface area (Å²) < 4.78 is 5.20. The molecule has 0 aromatic heterocycles. The van der Waals surface area contributed by atoms with Gasteiger partial charge in [-0.25, -0.2) is 4.79 Å². The van der Waals surface area contributed by atoms with Gasteiger partial charge in [0.15, 0.2) is 0 Å². The number of ether oxygens (including phenoxy) is 1. The summed E-state index contributed by atoms with van der Waals surface area (Å²) in [5.74, 6) is -2.30. The van der Waals surface area contributed by atoms with Crippen molar-refractivity contribution in [3.63, 3.8) is 0 Å². The van der Waals surface area contributed by atoms with Crippen molar-refractivity contribution in [1.82, 2.24) is 16.0 Å². The maximum atomic E-state index is 13.6. The van der Waals surface area contributed by atoms with Crippen LogP contribution in [0.15, 0.2) is 55.6 Å². The van der Waals surface area contributed by atoms with Crippen molar-refractivity contribution < 1.29 is 23.9 Å². The molecule has 3 amide bonds. The number of carbonyl (C=O) groups excluding carboxylic acids is 4. The molecule has 0 heterocycles. The zero-order chi connectivity index (χ0) is 29.9. The number of esters is 1. The van der Waals surface area contributed by atoms with E-state index < -0.39 is 29.9 Å². The molecular weight excluding hydrogens is 506 g/mol. The molecule has 0 saturated carbocycles. The minimum Gasteiger partial charge on any atom is -0.464 e. The minimum atomic E-state index is -1.04. The molecular formula is C32H49N3O5. The lowest BCUT2D eigenvalue weighted by Gasteiger charge is -2.27. The molecule has 0 aliphatic rings. The van der Waals surface area contributed by atoms with Gasteiger partial charge in [0.2, 0.25) is 17.7 Å². The lowest BCUT2D eigenvalue weighted by molar-refractivity contribution is -0.148. The molecule has 1 rings (SSSR count). The van der Waals surface area contributed by atoms with Gasteiger partial charge in [0.25, 0.3) is 0 Å². The van der Waals surface area contributed by atoms with Crippen LogP contribution in [0.3, 0.4) is 0 Å². The Balaban J connectivity index is 3.13. The molecule has 0 spiro atoms. The molecule has 0 aliphatic carbocycles. The van der Waals surface area contributed by atoms with E-state index in [4.69, 9.17) is 4.74 Å².